The molecule has 4 aliphatic rings. The number of hydrogen-bond acceptors (Lipinski definition) is 9. The lowest BCUT2D eigenvalue weighted by Gasteiger charge is -2.45. The second kappa shape index (κ2) is 8.45. The number of allylic oxidation sites excluding steroid dienone is 2. The van der Waals surface area contributed by atoms with Crippen molar-refractivity contribution >= 4 is 11.4 Å². The van der Waals surface area contributed by atoms with Crippen LogP contribution in [-0.4, -0.2) is 42.7 Å². The van der Waals surface area contributed by atoms with Gasteiger partial charge in [-0.25, -0.2) is 0 Å². The molecule has 3 heterocycles. The fourth-order valence-corrected chi connectivity index (χ4v) is 6.81. The number of aliphatic hydroxyl groups is 1. The molecule has 4 atom stereocenters. The first-order valence-electron chi connectivity index (χ1n) is 13.8. The highest BCUT2D eigenvalue weighted by Gasteiger charge is 2.69. The zero-order valence-electron chi connectivity index (χ0n) is 23.3. The van der Waals surface area contributed by atoms with Crippen LogP contribution in [0.2, 0.25) is 0 Å². The second-order valence-corrected chi connectivity index (χ2v) is 12.1. The minimum Gasteiger partial charge on any atom is -0.508 e. The van der Waals surface area contributed by atoms with Crippen LogP contribution in [0.5, 0.6) is 40.2 Å². The number of fused-ring (bicyclic) bond motifs is 8. The monoisotopic (exact) mass is 570 g/mol. The van der Waals surface area contributed by atoms with Gasteiger partial charge in [0, 0.05) is 48.1 Å². The molecule has 0 aromatic heterocycles. The topological polar surface area (TPSA) is 146 Å². The molecule has 4 unspecified atom stereocenters. The molecule has 9 heteroatoms. The fraction of sp³-hybridized carbons (Fsp3) is 0.303. The number of ketones is 1. The van der Waals surface area contributed by atoms with Crippen LogP contribution in [0.25, 0.3) is 5.57 Å². The van der Waals surface area contributed by atoms with Crippen molar-refractivity contribution < 1.29 is 44.5 Å². The largest absolute Gasteiger partial charge is 0.508 e. The lowest BCUT2D eigenvalue weighted by Crippen LogP contribution is -2.62. The van der Waals surface area contributed by atoms with E-state index in [4.69, 9.17) is 14.2 Å². The molecule has 0 fully saturated rings. The van der Waals surface area contributed by atoms with E-state index in [0.29, 0.717) is 29.7 Å². The van der Waals surface area contributed by atoms with E-state index in [-0.39, 0.29) is 52.2 Å². The summed E-state index contributed by atoms with van der Waals surface area (Å²) in [5.41, 5.74) is 0.0238. The molecule has 9 nitrogen and oxygen atoms in total. The Balaban J connectivity index is 1.40. The number of phenolic OH excluding ortho intramolecular Hbond substituents is 4. The molecule has 0 radical (unpaired) electrons. The van der Waals surface area contributed by atoms with Gasteiger partial charge in [-0.15, -0.1) is 0 Å². The Morgan fingerprint density at radius 2 is 1.64 bits per heavy atom. The number of phenols is 4. The van der Waals surface area contributed by atoms with Gasteiger partial charge in [0.2, 0.25) is 11.4 Å². The van der Waals surface area contributed by atoms with E-state index in [0.717, 1.165) is 11.1 Å². The van der Waals surface area contributed by atoms with Crippen molar-refractivity contribution in [3.8, 4) is 40.2 Å². The summed E-state index contributed by atoms with van der Waals surface area (Å²) in [5.74, 6) is -4.25. The molecule has 0 saturated heterocycles. The highest BCUT2D eigenvalue weighted by molar-refractivity contribution is 6.10. The number of benzene rings is 3. The summed E-state index contributed by atoms with van der Waals surface area (Å²) >= 11 is 0. The Kier molecular flexibility index (Phi) is 5.29. The van der Waals surface area contributed by atoms with Gasteiger partial charge in [0.25, 0.3) is 0 Å². The van der Waals surface area contributed by atoms with Crippen LogP contribution in [0.3, 0.4) is 0 Å². The Morgan fingerprint density at radius 1 is 0.929 bits per heavy atom. The molecule has 0 spiro atoms. The van der Waals surface area contributed by atoms with Gasteiger partial charge >= 0.3 is 5.79 Å². The Labute approximate surface area is 241 Å². The Morgan fingerprint density at radius 3 is 2.38 bits per heavy atom. The maximum atomic E-state index is 14.2. The summed E-state index contributed by atoms with van der Waals surface area (Å²) in [6.45, 7) is 5.69. The van der Waals surface area contributed by atoms with Crippen molar-refractivity contribution in [1.29, 1.82) is 0 Å². The van der Waals surface area contributed by atoms with Gasteiger partial charge in [-0.3, -0.25) is 4.79 Å². The van der Waals surface area contributed by atoms with E-state index in [1.165, 1.54) is 24.3 Å². The molecule has 2 bridgehead atoms. The number of aromatic hydroxyl groups is 4. The summed E-state index contributed by atoms with van der Waals surface area (Å²) in [7, 11) is 0. The average Bonchev–Trinajstić information content (AvgIpc) is 3.16. The van der Waals surface area contributed by atoms with Gasteiger partial charge < -0.3 is 39.7 Å². The Bertz CT molecular complexity index is 1770. The van der Waals surface area contributed by atoms with Crippen molar-refractivity contribution in [1.82, 2.24) is 0 Å². The van der Waals surface area contributed by atoms with E-state index in [1.807, 2.05) is 26.8 Å². The number of ether oxygens (including phenoxy) is 3. The minimum atomic E-state index is -2.57. The number of hydrogen-bond donors (Lipinski definition) is 5. The van der Waals surface area contributed by atoms with Crippen molar-refractivity contribution in [3.05, 3.63) is 82.4 Å². The predicted molar refractivity (Wildman–Crippen MR) is 151 cm³/mol. The molecule has 0 amide bonds. The SMILES string of the molecule is CC(C)=CCC12Oc3cc(O)c(C4=CCC5(C)CC4c4ccc(O)cc4O5)c(O)c3C(=O)C1(O)Oc1cc(O)ccc12. The normalized spacial score (nSPS) is 28.1. The van der Waals surface area contributed by atoms with E-state index in [2.05, 4.69) is 0 Å². The van der Waals surface area contributed by atoms with Crippen molar-refractivity contribution in [2.75, 3.05) is 0 Å². The number of Topliss-reactive ketones (excluding diaryl/α,β-unsaturated/α-hetero) is 1. The third-order valence-electron chi connectivity index (χ3n) is 8.85. The van der Waals surface area contributed by atoms with Crippen LogP contribution in [-0.2, 0) is 5.60 Å². The van der Waals surface area contributed by atoms with Gasteiger partial charge in [-0.1, -0.05) is 23.8 Å². The van der Waals surface area contributed by atoms with Gasteiger partial charge in [0.1, 0.15) is 51.4 Å². The zero-order valence-corrected chi connectivity index (χ0v) is 23.3. The molecule has 3 aromatic carbocycles. The van der Waals surface area contributed by atoms with Gasteiger partial charge in [-0.2, -0.15) is 0 Å². The quantitative estimate of drug-likeness (QED) is 0.257. The first kappa shape index (κ1) is 26.3. The highest BCUT2D eigenvalue weighted by Crippen LogP contribution is 2.61. The fourth-order valence-electron chi connectivity index (χ4n) is 6.81. The van der Waals surface area contributed by atoms with Crippen LogP contribution < -0.4 is 14.2 Å². The van der Waals surface area contributed by atoms with Crippen LogP contribution in [0.1, 0.15) is 73.0 Å². The number of carbonyl (C=O) groups excluding carboxylic acids is 1. The molecular weight excluding hydrogens is 540 g/mol. The van der Waals surface area contributed by atoms with Crippen LogP contribution in [0.15, 0.2) is 60.2 Å². The standard InChI is InChI=1S/C33H30O9/c1-16(2)8-11-32-22-7-5-18(35)13-25(22)42-33(32,39)30(38)28-26(41-32)14-23(36)27(29(28)37)20-9-10-31(3)15-21(20)19-6-4-17(34)12-24(19)40-31/h4-9,12-14,21,34-37,39H,10-11,15H2,1-3H3. The van der Waals surface area contributed by atoms with Crippen LogP contribution in [0.4, 0.5) is 0 Å². The van der Waals surface area contributed by atoms with Crippen molar-refractivity contribution in [2.45, 2.75) is 62.9 Å². The summed E-state index contributed by atoms with van der Waals surface area (Å²) in [6.07, 6.45) is 4.69. The maximum Gasteiger partial charge on any atom is 0.318 e. The second-order valence-electron chi connectivity index (χ2n) is 12.1. The van der Waals surface area contributed by atoms with Gasteiger partial charge in [0.15, 0.2) is 0 Å². The molecule has 216 valence electrons. The summed E-state index contributed by atoms with van der Waals surface area (Å²) in [4.78, 5) is 14.2. The third kappa shape index (κ3) is 3.43. The molecule has 0 saturated carbocycles. The van der Waals surface area contributed by atoms with Crippen LogP contribution in [0, 0.1) is 0 Å². The summed E-state index contributed by atoms with van der Waals surface area (Å²) in [5, 5.41) is 55.2. The van der Waals surface area contributed by atoms with E-state index in [9.17, 15) is 30.3 Å². The summed E-state index contributed by atoms with van der Waals surface area (Å²) in [6, 6.07) is 10.4. The average molecular weight is 571 g/mol. The van der Waals surface area contributed by atoms with E-state index < -0.39 is 28.5 Å². The smallest absolute Gasteiger partial charge is 0.318 e. The van der Waals surface area contributed by atoms with Crippen molar-refractivity contribution in [3.63, 3.8) is 0 Å². The predicted octanol–water partition coefficient (Wildman–Crippen LogP) is 5.53. The first-order chi connectivity index (χ1) is 19.9. The molecule has 7 rings (SSSR count). The van der Waals surface area contributed by atoms with Crippen molar-refractivity contribution in [2.24, 2.45) is 0 Å². The van der Waals surface area contributed by atoms with E-state index in [1.54, 1.807) is 24.3 Å². The van der Waals surface area contributed by atoms with Crippen LogP contribution >= 0.6 is 0 Å². The Hall–Kier alpha value is -4.63. The highest BCUT2D eigenvalue weighted by atomic mass is 16.7. The summed E-state index contributed by atoms with van der Waals surface area (Å²) < 4.78 is 18.4. The molecule has 3 aromatic rings. The van der Waals surface area contributed by atoms with Gasteiger partial charge in [0.05, 0.1) is 5.56 Å². The maximum absolute atomic E-state index is 14.2. The zero-order chi connectivity index (χ0) is 29.8. The van der Waals surface area contributed by atoms with E-state index >= 15 is 0 Å². The third-order valence-corrected chi connectivity index (χ3v) is 8.85. The molecular formula is C33H30O9. The number of carbonyl (C=O) groups is 1. The molecule has 1 aliphatic carbocycles. The lowest BCUT2D eigenvalue weighted by atomic mass is 9.70. The minimum absolute atomic E-state index is 0.0352. The lowest BCUT2D eigenvalue weighted by molar-refractivity contribution is -0.201. The molecule has 5 N–H and O–H groups in total. The molecule has 42 heavy (non-hydrogen) atoms. The number of rotatable bonds is 3. The molecule has 3 aliphatic heterocycles. The van der Waals surface area contributed by atoms with Gasteiger partial charge in [-0.05, 0) is 51.0 Å². The first-order valence-corrected chi connectivity index (χ1v) is 13.8.